The highest BCUT2D eigenvalue weighted by Crippen LogP contribution is 2.37. The van der Waals surface area contributed by atoms with Crippen LogP contribution in [0.15, 0.2) is 27.3 Å². The van der Waals surface area contributed by atoms with Crippen molar-refractivity contribution in [3.63, 3.8) is 0 Å². The molecule has 0 saturated carbocycles. The van der Waals surface area contributed by atoms with Gasteiger partial charge in [-0.2, -0.15) is 0 Å². The normalized spacial score (nSPS) is 11.2. The number of hydrogen-bond donors (Lipinski definition) is 0. The quantitative estimate of drug-likeness (QED) is 0.201. The third-order valence-corrected chi connectivity index (χ3v) is 3.87. The molecule has 0 aliphatic heterocycles. The van der Waals surface area contributed by atoms with E-state index in [1.165, 1.54) is 0 Å². The Kier molecular flexibility index (Phi) is 11.4. The van der Waals surface area contributed by atoms with Gasteiger partial charge in [-0.15, -0.1) is 0 Å². The number of rotatable bonds is 11. The predicted molar refractivity (Wildman–Crippen MR) is 109 cm³/mol. The molecule has 0 bridgehead atoms. The molecular formula is C17H21BrCl3NO3. The monoisotopic (exact) mass is 471 g/mol. The maximum absolute atomic E-state index is 6.21. The molecule has 1 aromatic rings. The molecule has 0 aliphatic rings. The van der Waals surface area contributed by atoms with E-state index in [-0.39, 0.29) is 0 Å². The number of oxime groups is 1. The van der Waals surface area contributed by atoms with Gasteiger partial charge in [0.2, 0.25) is 0 Å². The van der Waals surface area contributed by atoms with E-state index in [1.54, 1.807) is 18.2 Å². The summed E-state index contributed by atoms with van der Waals surface area (Å²) in [4.78, 5) is 5.13. The fourth-order valence-electron chi connectivity index (χ4n) is 1.75. The Morgan fingerprint density at radius 2 is 1.72 bits per heavy atom. The maximum atomic E-state index is 6.21. The molecule has 140 valence electrons. The van der Waals surface area contributed by atoms with Crippen molar-refractivity contribution in [2.24, 2.45) is 5.16 Å². The van der Waals surface area contributed by atoms with Crippen LogP contribution in [-0.4, -0.2) is 25.5 Å². The van der Waals surface area contributed by atoms with Gasteiger partial charge in [-0.25, -0.2) is 0 Å². The minimum atomic E-state index is 0.306. The van der Waals surface area contributed by atoms with Gasteiger partial charge in [-0.1, -0.05) is 40.0 Å². The van der Waals surface area contributed by atoms with E-state index in [0.29, 0.717) is 45.3 Å². The average Bonchev–Trinajstić information content (AvgIpc) is 2.51. The lowest BCUT2D eigenvalue weighted by atomic mass is 10.2. The SMILES string of the molecule is CC(C)=NOCCCCCOc1c(Cl)cc(OC/C=C(\Cl)Br)cc1Cl. The highest BCUT2D eigenvalue weighted by Gasteiger charge is 2.10. The Balaban J connectivity index is 2.36. The molecule has 0 spiro atoms. The fourth-order valence-corrected chi connectivity index (χ4v) is 2.52. The van der Waals surface area contributed by atoms with Crippen LogP contribution in [0.4, 0.5) is 0 Å². The Bertz CT molecular complexity index is 578. The first-order chi connectivity index (χ1) is 11.9. The molecule has 0 unspecified atom stereocenters. The minimum Gasteiger partial charge on any atom is -0.490 e. The van der Waals surface area contributed by atoms with Gasteiger partial charge in [-0.05, 0) is 55.1 Å². The molecule has 0 saturated heterocycles. The van der Waals surface area contributed by atoms with Crippen LogP contribution in [0.1, 0.15) is 33.1 Å². The molecule has 0 aliphatic carbocycles. The van der Waals surface area contributed by atoms with E-state index in [9.17, 15) is 0 Å². The molecule has 25 heavy (non-hydrogen) atoms. The van der Waals surface area contributed by atoms with E-state index in [1.807, 2.05) is 13.8 Å². The summed E-state index contributed by atoms with van der Waals surface area (Å²) in [5.74, 6) is 1.01. The molecule has 0 atom stereocenters. The number of benzene rings is 1. The summed E-state index contributed by atoms with van der Waals surface area (Å²) >= 11 is 21.2. The second-order valence-corrected chi connectivity index (χ2v) is 7.83. The first kappa shape index (κ1) is 22.4. The summed E-state index contributed by atoms with van der Waals surface area (Å²) in [6.45, 7) is 5.22. The van der Waals surface area contributed by atoms with Gasteiger partial charge in [0.05, 0.1) is 26.3 Å². The van der Waals surface area contributed by atoms with Crippen LogP contribution in [-0.2, 0) is 4.84 Å². The third-order valence-electron chi connectivity index (χ3n) is 2.83. The molecule has 0 fully saturated rings. The number of hydrogen-bond acceptors (Lipinski definition) is 4. The zero-order valence-corrected chi connectivity index (χ0v) is 18.0. The Morgan fingerprint density at radius 1 is 1.08 bits per heavy atom. The lowest BCUT2D eigenvalue weighted by molar-refractivity contribution is 0.138. The van der Waals surface area contributed by atoms with Crippen molar-refractivity contribution in [1.29, 1.82) is 0 Å². The summed E-state index contributed by atoms with van der Waals surface area (Å²) in [6, 6.07) is 3.33. The van der Waals surface area contributed by atoms with Crippen molar-refractivity contribution in [3.8, 4) is 11.5 Å². The molecular weight excluding hydrogens is 452 g/mol. The van der Waals surface area contributed by atoms with Crippen molar-refractivity contribution in [3.05, 3.63) is 32.2 Å². The molecule has 0 radical (unpaired) electrons. The highest BCUT2D eigenvalue weighted by atomic mass is 79.9. The minimum absolute atomic E-state index is 0.306. The molecule has 0 heterocycles. The Morgan fingerprint density at radius 3 is 2.32 bits per heavy atom. The number of nitrogens with zero attached hydrogens (tertiary/aromatic N) is 1. The molecule has 0 amide bonds. The van der Waals surface area contributed by atoms with Crippen LogP contribution < -0.4 is 9.47 Å². The summed E-state index contributed by atoms with van der Waals surface area (Å²) in [6.07, 6.45) is 4.43. The summed E-state index contributed by atoms with van der Waals surface area (Å²) in [5.41, 5.74) is 0.909. The molecule has 0 N–H and O–H groups in total. The Hall–Kier alpha value is -0.620. The van der Waals surface area contributed by atoms with E-state index in [4.69, 9.17) is 49.1 Å². The number of halogens is 4. The highest BCUT2D eigenvalue weighted by molar-refractivity contribution is 9.12. The first-order valence-electron chi connectivity index (χ1n) is 7.79. The van der Waals surface area contributed by atoms with Crippen LogP contribution in [0.25, 0.3) is 0 Å². The molecule has 8 heteroatoms. The second kappa shape index (κ2) is 12.7. The number of ether oxygens (including phenoxy) is 2. The lowest BCUT2D eigenvalue weighted by Crippen LogP contribution is -2.01. The standard InChI is InChI=1S/C17H21BrCl3NO3/c1-12(2)22-25-8-5-3-4-7-24-17-14(19)10-13(11-15(17)20)23-9-6-16(18)21/h6,10-11H,3-5,7-9H2,1-2H3/b16-6-. The van der Waals surface area contributed by atoms with Crippen molar-refractivity contribution in [1.82, 2.24) is 0 Å². The van der Waals surface area contributed by atoms with Crippen LogP contribution in [0, 0.1) is 0 Å². The largest absolute Gasteiger partial charge is 0.490 e. The van der Waals surface area contributed by atoms with Crippen molar-refractivity contribution in [2.45, 2.75) is 33.1 Å². The smallest absolute Gasteiger partial charge is 0.156 e. The summed E-state index contributed by atoms with van der Waals surface area (Å²) in [7, 11) is 0. The zero-order valence-electron chi connectivity index (χ0n) is 14.2. The predicted octanol–water partition coefficient (Wildman–Crippen LogP) is 6.81. The summed E-state index contributed by atoms with van der Waals surface area (Å²) in [5, 5.41) is 4.70. The van der Waals surface area contributed by atoms with Gasteiger partial charge in [0, 0.05) is 12.1 Å². The van der Waals surface area contributed by atoms with Crippen molar-refractivity contribution < 1.29 is 14.3 Å². The fraction of sp³-hybridized carbons (Fsp3) is 0.471. The molecule has 1 rings (SSSR count). The van der Waals surface area contributed by atoms with E-state index >= 15 is 0 Å². The van der Waals surface area contributed by atoms with Gasteiger partial charge in [0.15, 0.2) is 5.75 Å². The van der Waals surface area contributed by atoms with Crippen molar-refractivity contribution in [2.75, 3.05) is 19.8 Å². The van der Waals surface area contributed by atoms with Gasteiger partial charge in [-0.3, -0.25) is 0 Å². The molecule has 1 aromatic carbocycles. The van der Waals surface area contributed by atoms with E-state index < -0.39 is 0 Å². The van der Waals surface area contributed by atoms with Crippen molar-refractivity contribution >= 4 is 56.4 Å². The van der Waals surface area contributed by atoms with Gasteiger partial charge in [0.1, 0.15) is 19.0 Å². The lowest BCUT2D eigenvalue weighted by Gasteiger charge is -2.12. The topological polar surface area (TPSA) is 40.0 Å². The first-order valence-corrected chi connectivity index (χ1v) is 9.71. The zero-order chi connectivity index (χ0) is 18.7. The van der Waals surface area contributed by atoms with Gasteiger partial charge in [0.25, 0.3) is 0 Å². The van der Waals surface area contributed by atoms with E-state index in [0.717, 1.165) is 25.0 Å². The van der Waals surface area contributed by atoms with Crippen LogP contribution in [0.3, 0.4) is 0 Å². The second-order valence-electron chi connectivity index (χ2n) is 5.30. The average molecular weight is 474 g/mol. The third kappa shape index (κ3) is 10.2. The molecule has 0 aromatic heterocycles. The maximum Gasteiger partial charge on any atom is 0.156 e. The summed E-state index contributed by atoms with van der Waals surface area (Å²) < 4.78 is 11.7. The van der Waals surface area contributed by atoms with Crippen LogP contribution >= 0.6 is 50.7 Å². The van der Waals surface area contributed by atoms with Crippen LogP contribution in [0.5, 0.6) is 11.5 Å². The van der Waals surface area contributed by atoms with Gasteiger partial charge >= 0.3 is 0 Å². The number of unbranched alkanes of at least 4 members (excludes halogenated alkanes) is 2. The molecule has 4 nitrogen and oxygen atoms in total. The van der Waals surface area contributed by atoms with Crippen LogP contribution in [0.2, 0.25) is 10.0 Å². The van der Waals surface area contributed by atoms with E-state index in [2.05, 4.69) is 21.1 Å². The Labute approximate surface area is 172 Å². The van der Waals surface area contributed by atoms with Gasteiger partial charge < -0.3 is 14.3 Å².